The van der Waals surface area contributed by atoms with E-state index < -0.39 is 0 Å². The number of hydrogen-bond acceptors (Lipinski definition) is 5. The summed E-state index contributed by atoms with van der Waals surface area (Å²) < 4.78 is 1.73. The van der Waals surface area contributed by atoms with Gasteiger partial charge in [0.1, 0.15) is 6.07 Å². The fourth-order valence-corrected chi connectivity index (χ4v) is 2.42. The van der Waals surface area contributed by atoms with E-state index in [-0.39, 0.29) is 0 Å². The normalized spacial score (nSPS) is 11.3. The molecule has 3 heterocycles. The van der Waals surface area contributed by atoms with Crippen molar-refractivity contribution in [1.82, 2.24) is 19.7 Å². The van der Waals surface area contributed by atoms with Crippen molar-refractivity contribution in [1.29, 1.82) is 5.26 Å². The number of aryl methyl sites for hydroxylation is 2. The Morgan fingerprint density at radius 1 is 1.17 bits per heavy atom. The largest absolute Gasteiger partial charge is 0.403 e. The van der Waals surface area contributed by atoms with Crippen molar-refractivity contribution in [2.45, 2.75) is 6.92 Å². The minimum Gasteiger partial charge on any atom is -0.403 e. The first-order chi connectivity index (χ1) is 11.6. The van der Waals surface area contributed by atoms with Crippen molar-refractivity contribution in [2.75, 3.05) is 0 Å². The summed E-state index contributed by atoms with van der Waals surface area (Å²) in [6.07, 6.45) is 8.46. The molecule has 3 aromatic rings. The van der Waals surface area contributed by atoms with Gasteiger partial charge in [-0.25, -0.2) is 0 Å². The lowest BCUT2D eigenvalue weighted by molar-refractivity contribution is 0.768. The highest BCUT2D eigenvalue weighted by Crippen LogP contribution is 2.30. The molecule has 24 heavy (non-hydrogen) atoms. The van der Waals surface area contributed by atoms with Crippen LogP contribution in [0, 0.1) is 18.3 Å². The number of hydrogen-bond donors (Lipinski definition) is 1. The van der Waals surface area contributed by atoms with Gasteiger partial charge in [-0.1, -0.05) is 6.07 Å². The molecule has 0 bridgehead atoms. The first kappa shape index (κ1) is 15.4. The molecule has 118 valence electrons. The quantitative estimate of drug-likeness (QED) is 0.750. The van der Waals surface area contributed by atoms with Crippen LogP contribution < -0.4 is 5.73 Å². The van der Waals surface area contributed by atoms with Crippen molar-refractivity contribution in [2.24, 2.45) is 12.8 Å². The van der Waals surface area contributed by atoms with Crippen LogP contribution >= 0.6 is 0 Å². The van der Waals surface area contributed by atoms with Crippen molar-refractivity contribution in [3.05, 3.63) is 60.6 Å². The predicted octanol–water partition coefficient (Wildman–Crippen LogP) is 2.68. The summed E-state index contributed by atoms with van der Waals surface area (Å²) in [5.74, 6) is 0. The van der Waals surface area contributed by atoms with Crippen LogP contribution in [0.3, 0.4) is 0 Å². The highest BCUT2D eigenvalue weighted by atomic mass is 15.2. The van der Waals surface area contributed by atoms with Gasteiger partial charge >= 0.3 is 0 Å². The number of rotatable bonds is 3. The lowest BCUT2D eigenvalue weighted by Crippen LogP contribution is -1.97. The minimum atomic E-state index is 0.323. The highest BCUT2D eigenvalue weighted by molar-refractivity contribution is 5.86. The molecule has 0 radical (unpaired) electrons. The molecule has 3 aromatic heterocycles. The standard InChI is InChI=1S/C18H16N6/c1-12-3-4-13(8-21-12)17-5-14(16-10-23-24(2)11-16)9-22-18(17)15(6-19)7-20/h3-6,8-11H,19H2,1-2H3. The highest BCUT2D eigenvalue weighted by Gasteiger charge is 2.14. The molecule has 0 saturated carbocycles. The second-order valence-electron chi connectivity index (χ2n) is 5.40. The predicted molar refractivity (Wildman–Crippen MR) is 92.2 cm³/mol. The molecule has 3 rings (SSSR count). The summed E-state index contributed by atoms with van der Waals surface area (Å²) in [7, 11) is 1.86. The first-order valence-corrected chi connectivity index (χ1v) is 7.37. The average molecular weight is 316 g/mol. The van der Waals surface area contributed by atoms with Gasteiger partial charge in [0.25, 0.3) is 0 Å². The Labute approximate surface area is 139 Å². The maximum Gasteiger partial charge on any atom is 0.103 e. The van der Waals surface area contributed by atoms with Crippen LogP contribution in [0.5, 0.6) is 0 Å². The number of nitrogens with two attached hydrogens (primary N) is 1. The van der Waals surface area contributed by atoms with Gasteiger partial charge in [-0.2, -0.15) is 10.4 Å². The lowest BCUT2D eigenvalue weighted by Gasteiger charge is -2.10. The number of aromatic nitrogens is 4. The van der Waals surface area contributed by atoms with Crippen LogP contribution in [-0.2, 0) is 7.05 Å². The molecule has 6 nitrogen and oxygen atoms in total. The monoisotopic (exact) mass is 316 g/mol. The van der Waals surface area contributed by atoms with E-state index in [4.69, 9.17) is 5.73 Å². The van der Waals surface area contributed by atoms with E-state index in [1.165, 1.54) is 6.20 Å². The van der Waals surface area contributed by atoms with Gasteiger partial charge in [0, 0.05) is 59.8 Å². The molecule has 0 aliphatic carbocycles. The molecular weight excluding hydrogens is 300 g/mol. The minimum absolute atomic E-state index is 0.323. The third kappa shape index (κ3) is 2.88. The molecule has 0 atom stereocenters. The van der Waals surface area contributed by atoms with Gasteiger partial charge in [0.05, 0.1) is 17.5 Å². The smallest absolute Gasteiger partial charge is 0.103 e. The Balaban J connectivity index is 2.21. The van der Waals surface area contributed by atoms with Crippen molar-refractivity contribution in [3.63, 3.8) is 0 Å². The summed E-state index contributed by atoms with van der Waals surface area (Å²) in [5, 5.41) is 13.5. The number of allylic oxidation sites excluding steroid dienone is 1. The molecule has 6 heteroatoms. The Morgan fingerprint density at radius 3 is 2.54 bits per heavy atom. The summed E-state index contributed by atoms with van der Waals surface area (Å²) in [4.78, 5) is 8.81. The van der Waals surface area contributed by atoms with Crippen LogP contribution in [0.2, 0.25) is 0 Å². The Hall–Kier alpha value is -3.46. The second kappa shape index (κ2) is 6.34. The van der Waals surface area contributed by atoms with E-state index in [0.29, 0.717) is 11.3 Å². The van der Waals surface area contributed by atoms with E-state index in [9.17, 15) is 5.26 Å². The summed E-state index contributed by atoms with van der Waals surface area (Å²) in [5.41, 5.74) is 10.9. The molecule has 0 aliphatic rings. The van der Waals surface area contributed by atoms with Crippen LogP contribution in [0.1, 0.15) is 11.4 Å². The maximum absolute atomic E-state index is 9.32. The van der Waals surface area contributed by atoms with Gasteiger partial charge < -0.3 is 5.73 Å². The summed E-state index contributed by atoms with van der Waals surface area (Å²) in [6.45, 7) is 1.93. The van der Waals surface area contributed by atoms with Crippen molar-refractivity contribution in [3.8, 4) is 28.3 Å². The first-order valence-electron chi connectivity index (χ1n) is 7.37. The fourth-order valence-electron chi connectivity index (χ4n) is 2.42. The van der Waals surface area contributed by atoms with Crippen LogP contribution in [0.4, 0.5) is 0 Å². The zero-order valence-corrected chi connectivity index (χ0v) is 13.4. The summed E-state index contributed by atoms with van der Waals surface area (Å²) in [6, 6.07) is 7.95. The summed E-state index contributed by atoms with van der Waals surface area (Å²) >= 11 is 0. The van der Waals surface area contributed by atoms with Crippen LogP contribution in [0.15, 0.2) is 49.2 Å². The molecule has 0 spiro atoms. The molecule has 0 aromatic carbocycles. The van der Waals surface area contributed by atoms with E-state index in [2.05, 4.69) is 21.1 Å². The van der Waals surface area contributed by atoms with Gasteiger partial charge in [0.15, 0.2) is 0 Å². The van der Waals surface area contributed by atoms with Gasteiger partial charge in [-0.05, 0) is 19.1 Å². The molecule has 0 unspecified atom stereocenters. The van der Waals surface area contributed by atoms with E-state index in [1.54, 1.807) is 23.3 Å². The Kier molecular flexibility index (Phi) is 4.08. The van der Waals surface area contributed by atoms with E-state index in [1.807, 2.05) is 38.4 Å². The van der Waals surface area contributed by atoms with E-state index in [0.717, 1.165) is 27.9 Å². The van der Waals surface area contributed by atoms with Gasteiger partial charge in [-0.3, -0.25) is 14.6 Å². The Bertz CT molecular complexity index is 944. The second-order valence-corrected chi connectivity index (χ2v) is 5.40. The molecule has 0 aliphatic heterocycles. The third-order valence-corrected chi connectivity index (χ3v) is 3.69. The van der Waals surface area contributed by atoms with Crippen LogP contribution in [-0.4, -0.2) is 19.7 Å². The Morgan fingerprint density at radius 2 is 1.96 bits per heavy atom. The average Bonchev–Trinajstić information content (AvgIpc) is 3.03. The van der Waals surface area contributed by atoms with Crippen molar-refractivity contribution < 1.29 is 0 Å². The van der Waals surface area contributed by atoms with Crippen molar-refractivity contribution >= 4 is 5.57 Å². The zero-order chi connectivity index (χ0) is 17.1. The molecule has 0 amide bonds. The SMILES string of the molecule is Cc1ccc(-c2cc(-c3cnn(C)c3)cnc2C(C#N)=CN)cn1. The van der Waals surface area contributed by atoms with Gasteiger partial charge in [-0.15, -0.1) is 0 Å². The molecule has 0 fully saturated rings. The number of nitriles is 1. The number of pyridine rings is 2. The third-order valence-electron chi connectivity index (χ3n) is 3.69. The number of nitrogens with zero attached hydrogens (tertiary/aromatic N) is 5. The lowest BCUT2D eigenvalue weighted by atomic mass is 9.98. The topological polar surface area (TPSA) is 93.4 Å². The molecule has 2 N–H and O–H groups in total. The van der Waals surface area contributed by atoms with Crippen LogP contribution in [0.25, 0.3) is 27.8 Å². The van der Waals surface area contributed by atoms with E-state index >= 15 is 0 Å². The fraction of sp³-hybridized carbons (Fsp3) is 0.111. The molecular formula is C18H16N6. The zero-order valence-electron chi connectivity index (χ0n) is 13.4. The van der Waals surface area contributed by atoms with Gasteiger partial charge in [0.2, 0.25) is 0 Å². The molecule has 0 saturated heterocycles. The maximum atomic E-state index is 9.32.